The number of rotatable bonds is 5. The molecule has 0 fully saturated rings. The van der Waals surface area contributed by atoms with Gasteiger partial charge in [-0.2, -0.15) is 0 Å². The van der Waals surface area contributed by atoms with Gasteiger partial charge in [0.15, 0.2) is 0 Å². The van der Waals surface area contributed by atoms with Crippen LogP contribution in [0.2, 0.25) is 14.3 Å². The van der Waals surface area contributed by atoms with Gasteiger partial charge in [0.1, 0.15) is 0 Å². The molecule has 0 nitrogen and oxygen atoms in total. The molecule has 0 unspecified atom stereocenters. The molecular formula is C16H21PSn. The molecule has 94 valence electrons. The average Bonchev–Trinajstić information content (AvgIpc) is 2.41. The Labute approximate surface area is 119 Å². The van der Waals surface area contributed by atoms with Gasteiger partial charge in [-0.3, -0.25) is 0 Å². The maximum atomic E-state index is 2.52. The Bertz CT molecular complexity index is 414. The van der Waals surface area contributed by atoms with E-state index < -0.39 is 19.8 Å². The van der Waals surface area contributed by atoms with Gasteiger partial charge >= 0.3 is 119 Å². The first-order chi connectivity index (χ1) is 8.77. The number of hydrogen-bond acceptors (Lipinski definition) is 0. The first-order valence-corrected chi connectivity index (χ1v) is 17.1. The second kappa shape index (κ2) is 7.30. The summed E-state index contributed by atoms with van der Waals surface area (Å²) in [5, 5.41) is 3.07. The van der Waals surface area contributed by atoms with Crippen LogP contribution < -0.4 is 10.6 Å². The first kappa shape index (κ1) is 14.1. The second-order valence-corrected chi connectivity index (χ2v) is 16.9. The normalized spacial score (nSPS) is 11.1. The van der Waals surface area contributed by atoms with E-state index in [1.165, 1.54) is 21.2 Å². The van der Waals surface area contributed by atoms with Gasteiger partial charge in [-0.15, -0.1) is 0 Å². The van der Waals surface area contributed by atoms with E-state index in [0.717, 1.165) is 0 Å². The summed E-state index contributed by atoms with van der Waals surface area (Å²) in [6.07, 6.45) is 1.39. The van der Waals surface area contributed by atoms with E-state index in [-0.39, 0.29) is 7.92 Å². The van der Waals surface area contributed by atoms with E-state index in [1.807, 2.05) is 0 Å². The molecule has 0 saturated heterocycles. The summed E-state index contributed by atoms with van der Waals surface area (Å²) in [4.78, 5) is 5.04. The fraction of sp³-hybridized carbons (Fsp3) is 0.250. The van der Waals surface area contributed by atoms with Crippen LogP contribution in [-0.2, 0) is 0 Å². The summed E-state index contributed by atoms with van der Waals surface area (Å²) in [6.45, 7) is 0. The van der Waals surface area contributed by atoms with Crippen molar-refractivity contribution < 1.29 is 0 Å². The molecule has 0 amide bonds. The predicted octanol–water partition coefficient (Wildman–Crippen LogP) is 3.61. The van der Waals surface area contributed by atoms with E-state index >= 15 is 0 Å². The van der Waals surface area contributed by atoms with Crippen LogP contribution in [-0.4, -0.2) is 25.9 Å². The molecule has 0 heterocycles. The van der Waals surface area contributed by atoms with E-state index in [2.05, 4.69) is 70.5 Å². The zero-order valence-corrected chi connectivity index (χ0v) is 15.4. The van der Waals surface area contributed by atoms with Crippen LogP contribution in [0.5, 0.6) is 0 Å². The van der Waals surface area contributed by atoms with Crippen LogP contribution in [0, 0.1) is 0 Å². The molecule has 0 aromatic heterocycles. The molecule has 2 heteroatoms. The summed E-state index contributed by atoms with van der Waals surface area (Å²) in [7, 11) is -0.131. The van der Waals surface area contributed by atoms with Gasteiger partial charge in [-0.1, -0.05) is 0 Å². The average molecular weight is 363 g/mol. The molecule has 0 spiro atoms. The molecule has 0 bridgehead atoms. The predicted molar refractivity (Wildman–Crippen MR) is 87.6 cm³/mol. The monoisotopic (exact) mass is 364 g/mol. The van der Waals surface area contributed by atoms with E-state index in [0.29, 0.717) is 0 Å². The first-order valence-electron chi connectivity index (χ1n) is 6.65. The van der Waals surface area contributed by atoms with Crippen LogP contribution in [0.3, 0.4) is 0 Å². The van der Waals surface area contributed by atoms with Gasteiger partial charge < -0.3 is 0 Å². The van der Waals surface area contributed by atoms with Gasteiger partial charge in [-0.05, 0) is 0 Å². The molecule has 0 radical (unpaired) electrons. The van der Waals surface area contributed by atoms with Gasteiger partial charge in [0.2, 0.25) is 0 Å². The van der Waals surface area contributed by atoms with Crippen molar-refractivity contribution in [3.05, 3.63) is 60.7 Å². The van der Waals surface area contributed by atoms with E-state index in [4.69, 9.17) is 0 Å². The van der Waals surface area contributed by atoms with Crippen LogP contribution in [0.1, 0.15) is 0 Å². The molecule has 18 heavy (non-hydrogen) atoms. The number of benzene rings is 2. The van der Waals surface area contributed by atoms with E-state index in [9.17, 15) is 0 Å². The molecule has 2 rings (SSSR count). The Kier molecular flexibility index (Phi) is 5.72. The van der Waals surface area contributed by atoms with Crippen LogP contribution in [0.4, 0.5) is 0 Å². The molecule has 2 aromatic carbocycles. The summed E-state index contributed by atoms with van der Waals surface area (Å²) in [5.74, 6) is 0. The SMILES string of the molecule is [CH3][SnH]([CH3])[CH2]CP(c1ccccc1)c1ccccc1. The molecule has 0 atom stereocenters. The molecule has 0 aliphatic carbocycles. The van der Waals surface area contributed by atoms with Gasteiger partial charge in [-0.25, -0.2) is 0 Å². The second-order valence-electron chi connectivity index (χ2n) is 5.01. The molecule has 0 aliphatic rings. The molecule has 0 saturated carbocycles. The Morgan fingerprint density at radius 2 is 1.22 bits per heavy atom. The Morgan fingerprint density at radius 1 is 0.778 bits per heavy atom. The molecule has 2 aromatic rings. The van der Waals surface area contributed by atoms with Crippen molar-refractivity contribution in [2.24, 2.45) is 0 Å². The third-order valence-corrected chi connectivity index (χ3v) is 11.1. The van der Waals surface area contributed by atoms with Crippen molar-refractivity contribution in [3.63, 3.8) is 0 Å². The van der Waals surface area contributed by atoms with Crippen molar-refractivity contribution in [1.29, 1.82) is 0 Å². The Balaban J connectivity index is 2.24. The van der Waals surface area contributed by atoms with E-state index in [1.54, 1.807) is 0 Å². The van der Waals surface area contributed by atoms with Gasteiger partial charge in [0.05, 0.1) is 0 Å². The summed E-state index contributed by atoms with van der Waals surface area (Å²) in [5.41, 5.74) is 0. The Hall–Kier alpha value is -0.331. The summed E-state index contributed by atoms with van der Waals surface area (Å²) >= 11 is -1.09. The van der Waals surface area contributed by atoms with Crippen molar-refractivity contribution in [2.45, 2.75) is 14.3 Å². The van der Waals surface area contributed by atoms with Crippen LogP contribution in [0.15, 0.2) is 60.7 Å². The van der Waals surface area contributed by atoms with Crippen molar-refractivity contribution in [3.8, 4) is 0 Å². The molecule has 0 N–H and O–H groups in total. The zero-order chi connectivity index (χ0) is 12.8. The third-order valence-electron chi connectivity index (χ3n) is 3.07. The maximum absolute atomic E-state index is 2.52. The number of hydrogen-bond donors (Lipinski definition) is 0. The third kappa shape index (κ3) is 4.10. The standard InChI is InChI=1S/C14H14P.2CH3.Sn.H/c1-2-15(13-9-5-3-6-10-13)14-11-7-4-8-12-14;;;;/h3-12H,1-2H2;2*1H3;;. The van der Waals surface area contributed by atoms with Crippen LogP contribution >= 0.6 is 7.92 Å². The Morgan fingerprint density at radius 3 is 1.61 bits per heavy atom. The van der Waals surface area contributed by atoms with Gasteiger partial charge in [0, 0.05) is 0 Å². The summed E-state index contributed by atoms with van der Waals surface area (Å²) < 4.78 is 1.51. The minimum atomic E-state index is -1.09. The summed E-state index contributed by atoms with van der Waals surface area (Å²) in [6, 6.07) is 22.1. The zero-order valence-electron chi connectivity index (χ0n) is 11.2. The molecule has 0 aliphatic heterocycles. The van der Waals surface area contributed by atoms with Crippen molar-refractivity contribution in [2.75, 3.05) is 6.16 Å². The van der Waals surface area contributed by atoms with Gasteiger partial charge in [0.25, 0.3) is 0 Å². The fourth-order valence-corrected chi connectivity index (χ4v) is 11.3. The topological polar surface area (TPSA) is 0 Å². The van der Waals surface area contributed by atoms with Crippen molar-refractivity contribution in [1.82, 2.24) is 0 Å². The van der Waals surface area contributed by atoms with Crippen LogP contribution in [0.25, 0.3) is 0 Å². The fourth-order valence-electron chi connectivity index (χ4n) is 2.01. The van der Waals surface area contributed by atoms with Crippen molar-refractivity contribution >= 4 is 38.3 Å². The quantitative estimate of drug-likeness (QED) is 0.563. The molecular weight excluding hydrogens is 342 g/mol. The minimum absolute atomic E-state index is 0.131.